The molecule has 178 valence electrons. The van der Waals surface area contributed by atoms with Gasteiger partial charge < -0.3 is 5.32 Å². The quantitative estimate of drug-likeness (QED) is 0.241. The van der Waals surface area contributed by atoms with Crippen LogP contribution in [0.2, 0.25) is 10.0 Å². The third-order valence-electron chi connectivity index (χ3n) is 6.73. The summed E-state index contributed by atoms with van der Waals surface area (Å²) in [5.74, 6) is 0.0174. The summed E-state index contributed by atoms with van der Waals surface area (Å²) in [5, 5.41) is 6.15. The van der Waals surface area contributed by atoms with Gasteiger partial charge in [0.2, 0.25) is 0 Å². The van der Waals surface area contributed by atoms with Crippen molar-refractivity contribution in [2.24, 2.45) is 0 Å². The highest BCUT2D eigenvalue weighted by molar-refractivity contribution is 6.31. The first-order valence-electron chi connectivity index (χ1n) is 12.2. The second-order valence-corrected chi connectivity index (χ2v) is 10.2. The molecule has 36 heavy (non-hydrogen) atoms. The maximum atomic E-state index is 6.41. The highest BCUT2D eigenvalue weighted by atomic mass is 35.5. The summed E-state index contributed by atoms with van der Waals surface area (Å²) in [6, 6.07) is 29.6. The summed E-state index contributed by atoms with van der Waals surface area (Å²) in [7, 11) is 0. The first-order valence-corrected chi connectivity index (χ1v) is 13.0. The number of hydrogen-bond acceptors (Lipinski definition) is 3. The lowest BCUT2D eigenvalue weighted by Crippen LogP contribution is -2.16. The van der Waals surface area contributed by atoms with Gasteiger partial charge in [-0.15, -0.1) is 0 Å². The molecule has 3 nitrogen and oxygen atoms in total. The number of fused-ring (bicyclic) bond motifs is 1. The number of halogens is 2. The molecule has 3 aromatic carbocycles. The fourth-order valence-electron chi connectivity index (χ4n) is 4.78. The number of rotatable bonds is 7. The Morgan fingerprint density at radius 1 is 0.806 bits per heavy atom. The lowest BCUT2D eigenvalue weighted by Gasteiger charge is -2.20. The fraction of sp³-hybridized carbons (Fsp3) is 0.161. The molecule has 5 aromatic rings. The predicted molar refractivity (Wildman–Crippen MR) is 149 cm³/mol. The van der Waals surface area contributed by atoms with Gasteiger partial charge in [0, 0.05) is 46.3 Å². The van der Waals surface area contributed by atoms with E-state index in [1.54, 1.807) is 6.20 Å². The molecule has 2 aromatic heterocycles. The highest BCUT2D eigenvalue weighted by Crippen LogP contribution is 2.37. The maximum Gasteiger partial charge on any atom is 0.0712 e. The molecular weight excluding hydrogens is 485 g/mol. The van der Waals surface area contributed by atoms with E-state index in [0.717, 1.165) is 55.4 Å². The van der Waals surface area contributed by atoms with Gasteiger partial charge in [0.15, 0.2) is 0 Å². The van der Waals surface area contributed by atoms with Crippen molar-refractivity contribution in [3.8, 4) is 11.1 Å². The fourth-order valence-corrected chi connectivity index (χ4v) is 5.10. The van der Waals surface area contributed by atoms with Crippen LogP contribution in [0.15, 0.2) is 97.3 Å². The van der Waals surface area contributed by atoms with Crippen molar-refractivity contribution in [2.45, 2.75) is 31.3 Å². The standard InChI is InChI=1S/C31H25Cl2N3/c32-24-9-6-20(7-10-24)31(23-4-2-14-34-18-23)22-8-13-30-29(16-22)28(21-3-1-5-25(33)15-21)17-27(36-30)19-35-26-11-12-26/h1-10,13-18,26,31,35H,11-12,19H2. The molecule has 1 N–H and O–H groups in total. The third kappa shape index (κ3) is 5.01. The SMILES string of the molecule is Clc1ccc(C(c2cccnc2)c2ccc3nc(CNC4CC4)cc(-c4cccc(Cl)c4)c3c2)cc1. The molecule has 1 aliphatic carbocycles. The van der Waals surface area contributed by atoms with E-state index in [9.17, 15) is 0 Å². The highest BCUT2D eigenvalue weighted by Gasteiger charge is 2.22. The summed E-state index contributed by atoms with van der Waals surface area (Å²) in [5.41, 5.74) is 7.70. The molecule has 6 rings (SSSR count). The molecule has 0 spiro atoms. The summed E-state index contributed by atoms with van der Waals surface area (Å²) < 4.78 is 0. The van der Waals surface area contributed by atoms with Gasteiger partial charge >= 0.3 is 0 Å². The molecule has 0 aliphatic heterocycles. The molecular formula is C31H25Cl2N3. The van der Waals surface area contributed by atoms with Crippen molar-refractivity contribution in [3.05, 3.63) is 130 Å². The number of aromatic nitrogens is 2. The monoisotopic (exact) mass is 509 g/mol. The largest absolute Gasteiger partial charge is 0.308 e. The van der Waals surface area contributed by atoms with E-state index in [1.807, 2.05) is 42.6 Å². The molecule has 5 heteroatoms. The topological polar surface area (TPSA) is 37.8 Å². The van der Waals surface area contributed by atoms with Crippen molar-refractivity contribution < 1.29 is 0 Å². The summed E-state index contributed by atoms with van der Waals surface area (Å²) in [6.07, 6.45) is 6.24. The number of pyridine rings is 2. The van der Waals surface area contributed by atoms with Gasteiger partial charge in [-0.2, -0.15) is 0 Å². The smallest absolute Gasteiger partial charge is 0.0712 e. The average Bonchev–Trinajstić information content (AvgIpc) is 3.74. The van der Waals surface area contributed by atoms with Crippen LogP contribution in [0.3, 0.4) is 0 Å². The van der Waals surface area contributed by atoms with E-state index in [2.05, 4.69) is 58.8 Å². The molecule has 1 saturated carbocycles. The summed E-state index contributed by atoms with van der Waals surface area (Å²) in [4.78, 5) is 9.42. The van der Waals surface area contributed by atoms with E-state index in [0.29, 0.717) is 6.04 Å². The Hall–Kier alpha value is -3.24. The van der Waals surface area contributed by atoms with Gasteiger partial charge in [0.25, 0.3) is 0 Å². The van der Waals surface area contributed by atoms with Crippen LogP contribution in [0, 0.1) is 0 Å². The number of nitrogens with one attached hydrogen (secondary N) is 1. The molecule has 2 heterocycles. The molecule has 1 fully saturated rings. The van der Waals surface area contributed by atoms with Crippen LogP contribution in [0.5, 0.6) is 0 Å². The van der Waals surface area contributed by atoms with Crippen LogP contribution in [-0.4, -0.2) is 16.0 Å². The summed E-state index contributed by atoms with van der Waals surface area (Å²) in [6.45, 7) is 0.763. The zero-order chi connectivity index (χ0) is 24.5. The molecule has 0 bridgehead atoms. The van der Waals surface area contributed by atoms with Crippen molar-refractivity contribution in [2.75, 3.05) is 0 Å². The lowest BCUT2D eigenvalue weighted by atomic mass is 9.85. The molecule has 0 amide bonds. The Morgan fingerprint density at radius 3 is 2.39 bits per heavy atom. The predicted octanol–water partition coefficient (Wildman–Crippen LogP) is 8.04. The van der Waals surface area contributed by atoms with Crippen LogP contribution >= 0.6 is 23.2 Å². The van der Waals surface area contributed by atoms with Crippen LogP contribution in [0.4, 0.5) is 0 Å². The first kappa shape index (κ1) is 23.2. The second kappa shape index (κ2) is 10.0. The minimum Gasteiger partial charge on any atom is -0.308 e. The average molecular weight is 510 g/mol. The zero-order valence-electron chi connectivity index (χ0n) is 19.7. The van der Waals surface area contributed by atoms with Crippen molar-refractivity contribution >= 4 is 34.1 Å². The Labute approximate surface area is 221 Å². The molecule has 0 radical (unpaired) electrons. The molecule has 1 atom stereocenters. The van der Waals surface area contributed by atoms with E-state index in [-0.39, 0.29) is 5.92 Å². The van der Waals surface area contributed by atoms with Crippen LogP contribution < -0.4 is 5.32 Å². The van der Waals surface area contributed by atoms with Gasteiger partial charge in [-0.1, -0.05) is 59.6 Å². The Morgan fingerprint density at radius 2 is 1.64 bits per heavy atom. The molecule has 0 saturated heterocycles. The van der Waals surface area contributed by atoms with Gasteiger partial charge in [-0.3, -0.25) is 9.97 Å². The van der Waals surface area contributed by atoms with E-state index in [1.165, 1.54) is 18.4 Å². The van der Waals surface area contributed by atoms with Crippen molar-refractivity contribution in [1.82, 2.24) is 15.3 Å². The van der Waals surface area contributed by atoms with Gasteiger partial charge in [0.05, 0.1) is 11.2 Å². The van der Waals surface area contributed by atoms with Crippen LogP contribution in [0.1, 0.15) is 41.1 Å². The first-order chi connectivity index (χ1) is 17.6. The molecule has 1 aliphatic rings. The van der Waals surface area contributed by atoms with Crippen molar-refractivity contribution in [1.29, 1.82) is 0 Å². The van der Waals surface area contributed by atoms with Gasteiger partial charge in [-0.25, -0.2) is 0 Å². The number of nitrogens with zero attached hydrogens (tertiary/aromatic N) is 2. The van der Waals surface area contributed by atoms with E-state index >= 15 is 0 Å². The Kier molecular flexibility index (Phi) is 6.45. The van der Waals surface area contributed by atoms with Crippen LogP contribution in [0.25, 0.3) is 22.0 Å². The van der Waals surface area contributed by atoms with Gasteiger partial charge in [-0.05, 0) is 89.2 Å². The maximum absolute atomic E-state index is 6.41. The summed E-state index contributed by atoms with van der Waals surface area (Å²) >= 11 is 12.6. The van der Waals surface area contributed by atoms with Gasteiger partial charge in [0.1, 0.15) is 0 Å². The number of hydrogen-bond donors (Lipinski definition) is 1. The minimum absolute atomic E-state index is 0.0174. The molecule has 1 unspecified atom stereocenters. The van der Waals surface area contributed by atoms with Crippen LogP contribution in [-0.2, 0) is 6.54 Å². The second-order valence-electron chi connectivity index (χ2n) is 9.37. The Balaban J connectivity index is 1.52. The Bertz CT molecular complexity index is 1510. The zero-order valence-corrected chi connectivity index (χ0v) is 21.2. The van der Waals surface area contributed by atoms with E-state index in [4.69, 9.17) is 28.2 Å². The normalized spacial score (nSPS) is 14.2. The number of benzene rings is 3. The lowest BCUT2D eigenvalue weighted by molar-refractivity contribution is 0.676. The van der Waals surface area contributed by atoms with E-state index < -0.39 is 0 Å². The minimum atomic E-state index is 0.0174. The third-order valence-corrected chi connectivity index (χ3v) is 7.21. The van der Waals surface area contributed by atoms with Crippen molar-refractivity contribution in [3.63, 3.8) is 0 Å².